The molecule has 1 N–H and O–H groups in total. The lowest BCUT2D eigenvalue weighted by atomic mass is 10.1. The first-order valence-corrected chi connectivity index (χ1v) is 6.35. The van der Waals surface area contributed by atoms with Gasteiger partial charge in [-0.3, -0.25) is 4.79 Å². The van der Waals surface area contributed by atoms with Crippen molar-refractivity contribution in [2.45, 2.75) is 19.1 Å². The van der Waals surface area contributed by atoms with E-state index < -0.39 is 12.1 Å². The lowest BCUT2D eigenvalue weighted by molar-refractivity contribution is -0.141. The highest BCUT2D eigenvalue weighted by Crippen LogP contribution is 2.16. The molecule has 0 saturated heterocycles. The number of amides is 1. The van der Waals surface area contributed by atoms with E-state index in [-0.39, 0.29) is 18.0 Å². The van der Waals surface area contributed by atoms with E-state index in [4.69, 9.17) is 14.7 Å². The summed E-state index contributed by atoms with van der Waals surface area (Å²) in [6.45, 7) is 0.394. The number of carbonyl (C=O) groups is 2. The summed E-state index contributed by atoms with van der Waals surface area (Å²) in [5.41, 5.74) is 0.801. The number of carbonyl (C=O) groups excluding carboxylic acids is 1. The molecule has 7 nitrogen and oxygen atoms in total. The molecule has 0 aliphatic carbocycles. The van der Waals surface area contributed by atoms with Crippen LogP contribution in [0.15, 0.2) is 29.4 Å². The van der Waals surface area contributed by atoms with E-state index in [1.54, 1.807) is 14.2 Å². The number of benzene rings is 1. The Bertz CT molecular complexity index is 567. The smallest absolute Gasteiger partial charge is 0.353 e. The van der Waals surface area contributed by atoms with Crippen LogP contribution in [0.2, 0.25) is 0 Å². The summed E-state index contributed by atoms with van der Waals surface area (Å²) in [7, 11) is 3.22. The highest BCUT2D eigenvalue weighted by Gasteiger charge is 2.33. The van der Waals surface area contributed by atoms with E-state index in [0.717, 1.165) is 11.3 Å². The number of aliphatic carboxylic acids is 1. The van der Waals surface area contributed by atoms with Crippen LogP contribution >= 0.6 is 0 Å². The normalized spacial score (nSPS) is 16.9. The molecule has 1 aromatic rings. The van der Waals surface area contributed by atoms with Crippen LogP contribution in [0.5, 0.6) is 5.75 Å². The van der Waals surface area contributed by atoms with Crippen LogP contribution in [0.4, 0.5) is 0 Å². The number of hydrogen-bond acceptors (Lipinski definition) is 5. The Morgan fingerprint density at radius 1 is 1.43 bits per heavy atom. The van der Waals surface area contributed by atoms with Gasteiger partial charge in [0.1, 0.15) is 5.75 Å². The number of nitrogens with zero attached hydrogens (tertiary/aromatic N) is 2. The first-order chi connectivity index (χ1) is 10.0. The van der Waals surface area contributed by atoms with Crippen LogP contribution < -0.4 is 4.74 Å². The number of carboxylic acid groups (broad SMARTS) is 1. The van der Waals surface area contributed by atoms with Gasteiger partial charge in [-0.05, 0) is 17.7 Å². The summed E-state index contributed by atoms with van der Waals surface area (Å²) < 4.78 is 5.07. The molecule has 0 radical (unpaired) electrons. The Morgan fingerprint density at radius 3 is 2.62 bits per heavy atom. The quantitative estimate of drug-likeness (QED) is 0.870. The largest absolute Gasteiger partial charge is 0.497 e. The Balaban J connectivity index is 1.92. The van der Waals surface area contributed by atoms with Gasteiger partial charge in [0, 0.05) is 20.0 Å². The predicted molar refractivity (Wildman–Crippen MR) is 74.0 cm³/mol. The summed E-state index contributed by atoms with van der Waals surface area (Å²) in [5, 5.41) is 12.2. The zero-order valence-corrected chi connectivity index (χ0v) is 11.8. The molecule has 1 unspecified atom stereocenters. The summed E-state index contributed by atoms with van der Waals surface area (Å²) in [4.78, 5) is 29.3. The fraction of sp³-hybridized carbons (Fsp3) is 0.357. The van der Waals surface area contributed by atoms with Gasteiger partial charge in [-0.15, -0.1) is 0 Å². The SMILES string of the molecule is COc1ccc(CN(C)C(=O)C2CC(C(=O)O)=NO2)cc1. The van der Waals surface area contributed by atoms with Gasteiger partial charge < -0.3 is 19.6 Å². The molecule has 1 amide bonds. The summed E-state index contributed by atoms with van der Waals surface area (Å²) in [6, 6.07) is 7.34. The van der Waals surface area contributed by atoms with Crippen molar-refractivity contribution in [3.8, 4) is 5.75 Å². The third-order valence-corrected chi connectivity index (χ3v) is 3.15. The number of hydrogen-bond donors (Lipinski definition) is 1. The zero-order valence-electron chi connectivity index (χ0n) is 11.8. The molecule has 21 heavy (non-hydrogen) atoms. The average molecular weight is 292 g/mol. The monoisotopic (exact) mass is 292 g/mol. The molecular formula is C14H16N2O5. The standard InChI is InChI=1S/C14H16N2O5/c1-16(8-9-3-5-10(20-2)6-4-9)13(17)12-7-11(14(18)19)15-21-12/h3-6,12H,7-8H2,1-2H3,(H,18,19). The van der Waals surface area contributed by atoms with Crippen molar-refractivity contribution in [1.29, 1.82) is 0 Å². The maximum Gasteiger partial charge on any atom is 0.353 e. The lowest BCUT2D eigenvalue weighted by Crippen LogP contribution is -2.36. The first-order valence-electron chi connectivity index (χ1n) is 6.35. The van der Waals surface area contributed by atoms with Crippen LogP contribution in [0, 0.1) is 0 Å². The fourth-order valence-corrected chi connectivity index (χ4v) is 1.96. The molecule has 0 fully saturated rings. The molecule has 1 aliphatic heterocycles. The van der Waals surface area contributed by atoms with Crippen molar-refractivity contribution in [3.05, 3.63) is 29.8 Å². The minimum atomic E-state index is -1.16. The van der Waals surface area contributed by atoms with Crippen molar-refractivity contribution < 1.29 is 24.3 Å². The van der Waals surface area contributed by atoms with E-state index in [1.807, 2.05) is 24.3 Å². The van der Waals surface area contributed by atoms with Crippen LogP contribution in [-0.2, 0) is 21.0 Å². The second kappa shape index (κ2) is 6.25. The molecule has 112 valence electrons. The van der Waals surface area contributed by atoms with Crippen molar-refractivity contribution in [2.24, 2.45) is 5.16 Å². The zero-order chi connectivity index (χ0) is 15.4. The van der Waals surface area contributed by atoms with Crippen LogP contribution in [0.3, 0.4) is 0 Å². The topological polar surface area (TPSA) is 88.4 Å². The van der Waals surface area contributed by atoms with Crippen molar-refractivity contribution in [3.63, 3.8) is 0 Å². The molecule has 1 aliphatic rings. The average Bonchev–Trinajstić information content (AvgIpc) is 2.97. The van der Waals surface area contributed by atoms with E-state index in [0.29, 0.717) is 6.54 Å². The van der Waals surface area contributed by atoms with Gasteiger partial charge >= 0.3 is 5.97 Å². The highest BCUT2D eigenvalue weighted by molar-refractivity contribution is 6.36. The van der Waals surface area contributed by atoms with Gasteiger partial charge in [-0.25, -0.2) is 4.79 Å². The van der Waals surface area contributed by atoms with Crippen molar-refractivity contribution in [2.75, 3.05) is 14.2 Å². The maximum atomic E-state index is 12.2. The lowest BCUT2D eigenvalue weighted by Gasteiger charge is -2.19. The molecule has 0 aromatic heterocycles. The molecule has 1 aromatic carbocycles. The first kappa shape index (κ1) is 14.8. The Morgan fingerprint density at radius 2 is 2.10 bits per heavy atom. The minimum Gasteiger partial charge on any atom is -0.497 e. The van der Waals surface area contributed by atoms with E-state index >= 15 is 0 Å². The van der Waals surface area contributed by atoms with Crippen molar-refractivity contribution in [1.82, 2.24) is 4.90 Å². The fourth-order valence-electron chi connectivity index (χ4n) is 1.96. The molecule has 0 spiro atoms. The highest BCUT2D eigenvalue weighted by atomic mass is 16.6. The maximum absolute atomic E-state index is 12.2. The Hall–Kier alpha value is -2.57. The second-order valence-electron chi connectivity index (χ2n) is 4.68. The van der Waals surface area contributed by atoms with Gasteiger partial charge in [0.05, 0.1) is 7.11 Å². The summed E-state index contributed by atoms with van der Waals surface area (Å²) in [5.74, 6) is -0.722. The van der Waals surface area contributed by atoms with E-state index in [2.05, 4.69) is 5.16 Å². The van der Waals surface area contributed by atoms with Crippen LogP contribution in [0.25, 0.3) is 0 Å². The molecule has 0 bridgehead atoms. The molecule has 7 heteroatoms. The minimum absolute atomic E-state index is 0.0128. The number of ether oxygens (including phenoxy) is 1. The number of carboxylic acids is 1. The number of oxime groups is 1. The predicted octanol–water partition coefficient (Wildman–Crippen LogP) is 0.883. The second-order valence-corrected chi connectivity index (χ2v) is 4.68. The van der Waals surface area contributed by atoms with Gasteiger partial charge in [0.2, 0.25) is 6.10 Å². The molecule has 1 atom stereocenters. The molecule has 0 saturated carbocycles. The summed E-state index contributed by atoms with van der Waals surface area (Å²) >= 11 is 0. The van der Waals surface area contributed by atoms with Gasteiger partial charge in [-0.1, -0.05) is 17.3 Å². The van der Waals surface area contributed by atoms with E-state index in [1.165, 1.54) is 4.90 Å². The molecule has 1 heterocycles. The number of methoxy groups -OCH3 is 1. The van der Waals surface area contributed by atoms with Gasteiger partial charge in [0.25, 0.3) is 5.91 Å². The molecule has 2 rings (SSSR count). The van der Waals surface area contributed by atoms with Gasteiger partial charge in [-0.2, -0.15) is 0 Å². The summed E-state index contributed by atoms with van der Waals surface area (Å²) in [6.07, 6.45) is -0.874. The third kappa shape index (κ3) is 3.50. The van der Waals surface area contributed by atoms with Crippen molar-refractivity contribution >= 4 is 17.6 Å². The van der Waals surface area contributed by atoms with Crippen LogP contribution in [-0.4, -0.2) is 47.9 Å². The Labute approximate surface area is 121 Å². The molecular weight excluding hydrogens is 276 g/mol. The van der Waals surface area contributed by atoms with Gasteiger partial charge in [0.15, 0.2) is 5.71 Å². The number of likely N-dealkylation sites (N-methyl/N-ethyl adjacent to an activating group) is 1. The number of rotatable bonds is 5. The van der Waals surface area contributed by atoms with E-state index in [9.17, 15) is 9.59 Å². The Kier molecular flexibility index (Phi) is 4.42. The van der Waals surface area contributed by atoms with Crippen LogP contribution in [0.1, 0.15) is 12.0 Å². The third-order valence-electron chi connectivity index (χ3n) is 3.15.